The number of alkyl halides is 3. The summed E-state index contributed by atoms with van der Waals surface area (Å²) >= 11 is 5.77. The minimum absolute atomic E-state index is 0.0216. The molecular formula is C14H17ClF3NO. The van der Waals surface area contributed by atoms with Crippen LogP contribution in [0.5, 0.6) is 0 Å². The Morgan fingerprint density at radius 1 is 1.20 bits per heavy atom. The van der Waals surface area contributed by atoms with Crippen LogP contribution >= 0.6 is 11.6 Å². The van der Waals surface area contributed by atoms with Crippen molar-refractivity contribution in [1.82, 2.24) is 0 Å². The summed E-state index contributed by atoms with van der Waals surface area (Å²) in [6.45, 7) is 0. The van der Waals surface area contributed by atoms with Gasteiger partial charge >= 0.3 is 6.18 Å². The molecule has 1 aromatic carbocycles. The fraction of sp³-hybridized carbons (Fsp3) is 0.571. The lowest BCUT2D eigenvalue weighted by Crippen LogP contribution is -2.37. The van der Waals surface area contributed by atoms with Crippen LogP contribution in [0, 0.1) is 0 Å². The Morgan fingerprint density at radius 3 is 2.55 bits per heavy atom. The van der Waals surface area contributed by atoms with Gasteiger partial charge in [-0.2, -0.15) is 13.2 Å². The van der Waals surface area contributed by atoms with Crippen LogP contribution in [0.3, 0.4) is 0 Å². The van der Waals surface area contributed by atoms with Gasteiger partial charge in [-0.05, 0) is 31.0 Å². The number of ether oxygens (including phenoxy) is 1. The molecule has 2 unspecified atom stereocenters. The zero-order valence-electron chi connectivity index (χ0n) is 11.1. The largest absolute Gasteiger partial charge is 0.416 e. The minimum atomic E-state index is -4.39. The number of nitrogens with one attached hydrogen (secondary N) is 1. The van der Waals surface area contributed by atoms with Crippen LogP contribution in [0.1, 0.15) is 31.2 Å². The van der Waals surface area contributed by atoms with Gasteiger partial charge in [-0.25, -0.2) is 0 Å². The van der Waals surface area contributed by atoms with Crippen LogP contribution in [0.4, 0.5) is 18.9 Å². The molecule has 1 saturated carbocycles. The third-order valence-corrected chi connectivity index (χ3v) is 3.80. The molecule has 0 radical (unpaired) electrons. The van der Waals surface area contributed by atoms with E-state index in [0.29, 0.717) is 5.69 Å². The SMILES string of the molecule is COC1CCCCC1Nc1cc(Cl)cc(C(F)(F)F)c1. The first kappa shape index (κ1) is 15.4. The van der Waals surface area contributed by atoms with E-state index in [1.807, 2.05) is 0 Å². The highest BCUT2D eigenvalue weighted by Crippen LogP contribution is 2.34. The summed E-state index contributed by atoms with van der Waals surface area (Å²) in [6, 6.07) is 3.56. The predicted octanol–water partition coefficient (Wildman–Crippen LogP) is 4.73. The zero-order chi connectivity index (χ0) is 14.8. The Kier molecular flexibility index (Phi) is 4.81. The summed E-state index contributed by atoms with van der Waals surface area (Å²) in [5.74, 6) is 0. The van der Waals surface area contributed by atoms with E-state index >= 15 is 0 Å². The van der Waals surface area contributed by atoms with Crippen molar-refractivity contribution < 1.29 is 17.9 Å². The molecule has 2 rings (SSSR count). The van der Waals surface area contributed by atoms with Crippen molar-refractivity contribution in [2.24, 2.45) is 0 Å². The number of anilines is 1. The molecule has 0 aliphatic heterocycles. The second kappa shape index (κ2) is 6.22. The second-order valence-corrected chi connectivity index (χ2v) is 5.47. The molecule has 2 nitrogen and oxygen atoms in total. The lowest BCUT2D eigenvalue weighted by Gasteiger charge is -2.32. The average Bonchev–Trinajstić information content (AvgIpc) is 2.37. The molecular weight excluding hydrogens is 291 g/mol. The van der Waals surface area contributed by atoms with E-state index in [0.717, 1.165) is 37.8 Å². The monoisotopic (exact) mass is 307 g/mol. The highest BCUT2D eigenvalue weighted by Gasteiger charge is 2.32. The van der Waals surface area contributed by atoms with Crippen molar-refractivity contribution >= 4 is 17.3 Å². The molecule has 0 spiro atoms. The normalized spacial score (nSPS) is 23.6. The zero-order valence-corrected chi connectivity index (χ0v) is 11.9. The van der Waals surface area contributed by atoms with Gasteiger partial charge in [-0.1, -0.05) is 24.4 Å². The van der Waals surface area contributed by atoms with E-state index in [1.54, 1.807) is 7.11 Å². The maximum absolute atomic E-state index is 12.8. The first-order valence-corrected chi connectivity index (χ1v) is 6.95. The smallest absolute Gasteiger partial charge is 0.380 e. The quantitative estimate of drug-likeness (QED) is 0.871. The molecule has 112 valence electrons. The molecule has 1 aromatic rings. The van der Waals surface area contributed by atoms with Gasteiger partial charge in [0.2, 0.25) is 0 Å². The van der Waals surface area contributed by atoms with Gasteiger partial charge in [0.1, 0.15) is 0 Å². The highest BCUT2D eigenvalue weighted by atomic mass is 35.5. The van der Waals surface area contributed by atoms with Crippen LogP contribution in [0.2, 0.25) is 5.02 Å². The summed E-state index contributed by atoms with van der Waals surface area (Å²) in [7, 11) is 1.63. The van der Waals surface area contributed by atoms with Gasteiger partial charge in [0.25, 0.3) is 0 Å². The second-order valence-electron chi connectivity index (χ2n) is 5.04. The number of methoxy groups -OCH3 is 1. The Bertz CT molecular complexity index is 464. The predicted molar refractivity (Wildman–Crippen MR) is 73.1 cm³/mol. The van der Waals surface area contributed by atoms with Gasteiger partial charge in [0, 0.05) is 17.8 Å². The number of hydrogen-bond acceptors (Lipinski definition) is 2. The molecule has 2 atom stereocenters. The first-order valence-electron chi connectivity index (χ1n) is 6.57. The van der Waals surface area contributed by atoms with Crippen LogP contribution < -0.4 is 5.32 Å². The average molecular weight is 308 g/mol. The van der Waals surface area contributed by atoms with Crippen molar-refractivity contribution in [3.05, 3.63) is 28.8 Å². The fourth-order valence-electron chi connectivity index (χ4n) is 2.59. The van der Waals surface area contributed by atoms with Crippen LogP contribution in [-0.4, -0.2) is 19.3 Å². The van der Waals surface area contributed by atoms with Gasteiger partial charge in [0.15, 0.2) is 0 Å². The van der Waals surface area contributed by atoms with E-state index < -0.39 is 11.7 Å². The molecule has 0 aromatic heterocycles. The van der Waals surface area contributed by atoms with Crippen molar-refractivity contribution in [3.8, 4) is 0 Å². The molecule has 1 aliphatic carbocycles. The van der Waals surface area contributed by atoms with Gasteiger partial charge in [-0.3, -0.25) is 0 Å². The Morgan fingerprint density at radius 2 is 1.90 bits per heavy atom. The standard InChI is InChI=1S/C14H17ClF3NO/c1-20-13-5-3-2-4-12(13)19-11-7-9(14(16,17)18)6-10(15)8-11/h6-8,12-13,19H,2-5H2,1H3. The van der Waals surface area contributed by atoms with E-state index in [2.05, 4.69) is 5.32 Å². The van der Waals surface area contributed by atoms with Crippen LogP contribution in [0.15, 0.2) is 18.2 Å². The van der Waals surface area contributed by atoms with Gasteiger partial charge in [0.05, 0.1) is 17.7 Å². The summed E-state index contributed by atoms with van der Waals surface area (Å²) in [6.07, 6.45) is -0.441. The van der Waals surface area contributed by atoms with E-state index in [9.17, 15) is 13.2 Å². The number of rotatable bonds is 3. The Balaban J connectivity index is 2.18. The Labute approximate surface area is 121 Å². The first-order chi connectivity index (χ1) is 9.40. The van der Waals surface area contributed by atoms with Crippen LogP contribution in [0.25, 0.3) is 0 Å². The van der Waals surface area contributed by atoms with Crippen molar-refractivity contribution in [1.29, 1.82) is 0 Å². The minimum Gasteiger partial charge on any atom is -0.380 e. The van der Waals surface area contributed by atoms with E-state index in [4.69, 9.17) is 16.3 Å². The summed E-state index contributed by atoms with van der Waals surface area (Å²) in [5, 5.41) is 3.20. The number of halogens is 4. The van der Waals surface area contributed by atoms with E-state index in [-0.39, 0.29) is 17.2 Å². The molecule has 1 N–H and O–H groups in total. The fourth-order valence-corrected chi connectivity index (χ4v) is 2.83. The van der Waals surface area contributed by atoms with Gasteiger partial charge in [-0.15, -0.1) is 0 Å². The molecule has 0 saturated heterocycles. The number of benzene rings is 1. The Hall–Kier alpha value is -0.940. The molecule has 1 fully saturated rings. The maximum Gasteiger partial charge on any atom is 0.416 e. The third-order valence-electron chi connectivity index (χ3n) is 3.58. The van der Waals surface area contributed by atoms with Gasteiger partial charge < -0.3 is 10.1 Å². The highest BCUT2D eigenvalue weighted by molar-refractivity contribution is 6.30. The topological polar surface area (TPSA) is 21.3 Å². The van der Waals surface area contributed by atoms with Crippen molar-refractivity contribution in [2.45, 2.75) is 44.0 Å². The molecule has 0 amide bonds. The maximum atomic E-state index is 12.8. The number of hydrogen-bond donors (Lipinski definition) is 1. The lowest BCUT2D eigenvalue weighted by molar-refractivity contribution is -0.137. The summed E-state index contributed by atoms with van der Waals surface area (Å²) in [4.78, 5) is 0. The molecule has 0 heterocycles. The molecule has 0 bridgehead atoms. The molecule has 6 heteroatoms. The lowest BCUT2D eigenvalue weighted by atomic mass is 9.92. The third kappa shape index (κ3) is 3.79. The summed E-state index contributed by atoms with van der Waals surface area (Å²) in [5.41, 5.74) is -0.351. The summed E-state index contributed by atoms with van der Waals surface area (Å²) < 4.78 is 43.7. The van der Waals surface area contributed by atoms with Crippen molar-refractivity contribution in [2.75, 3.05) is 12.4 Å². The molecule has 1 aliphatic rings. The van der Waals surface area contributed by atoms with E-state index in [1.165, 1.54) is 6.07 Å². The molecule has 20 heavy (non-hydrogen) atoms. The van der Waals surface area contributed by atoms with Crippen LogP contribution in [-0.2, 0) is 10.9 Å². The van der Waals surface area contributed by atoms with Crippen molar-refractivity contribution in [3.63, 3.8) is 0 Å².